The summed E-state index contributed by atoms with van der Waals surface area (Å²) in [5.74, 6) is 0.863. The number of hydrogen-bond donors (Lipinski definition) is 1. The summed E-state index contributed by atoms with van der Waals surface area (Å²) in [5, 5.41) is 3.32. The first kappa shape index (κ1) is 9.63. The highest BCUT2D eigenvalue weighted by atomic mass is 35.5. The second-order valence-electron chi connectivity index (χ2n) is 3.28. The molecule has 1 aliphatic rings. The smallest absolute Gasteiger partial charge is 0.120 e. The van der Waals surface area contributed by atoms with Gasteiger partial charge in [0.1, 0.15) is 4.84 Å². The molecular formula is C8H15Cl2N. The van der Waals surface area contributed by atoms with Crippen LogP contribution in [0.2, 0.25) is 0 Å². The zero-order chi connectivity index (χ0) is 8.27. The molecule has 0 amide bonds. The van der Waals surface area contributed by atoms with E-state index in [1.807, 2.05) is 0 Å². The minimum absolute atomic E-state index is 0.266. The number of nitrogens with one attached hydrogen (secondary N) is 1. The summed E-state index contributed by atoms with van der Waals surface area (Å²) in [4.78, 5) is -0.266. The molecule has 0 saturated heterocycles. The summed E-state index contributed by atoms with van der Waals surface area (Å²) in [7, 11) is 0. The average molecular weight is 196 g/mol. The molecule has 3 heteroatoms. The van der Waals surface area contributed by atoms with E-state index in [0.717, 1.165) is 5.92 Å². The van der Waals surface area contributed by atoms with Crippen molar-refractivity contribution in [3.05, 3.63) is 0 Å². The Morgan fingerprint density at radius 2 is 2.09 bits per heavy atom. The second kappa shape index (κ2) is 4.54. The van der Waals surface area contributed by atoms with E-state index < -0.39 is 0 Å². The third-order valence-corrected chi connectivity index (χ3v) is 2.76. The van der Waals surface area contributed by atoms with Crippen molar-refractivity contribution in [1.82, 2.24) is 5.32 Å². The first-order valence-corrected chi connectivity index (χ1v) is 5.09. The maximum atomic E-state index is 5.59. The zero-order valence-corrected chi connectivity index (χ0v) is 8.33. The summed E-state index contributed by atoms with van der Waals surface area (Å²) < 4.78 is 0. The van der Waals surface area contributed by atoms with Gasteiger partial charge < -0.3 is 5.32 Å². The van der Waals surface area contributed by atoms with Crippen molar-refractivity contribution in [3.8, 4) is 0 Å². The Morgan fingerprint density at radius 1 is 1.45 bits per heavy atom. The number of rotatable bonds is 4. The van der Waals surface area contributed by atoms with Crippen LogP contribution in [0.5, 0.6) is 0 Å². The van der Waals surface area contributed by atoms with Gasteiger partial charge in [-0.05, 0) is 25.7 Å². The molecule has 11 heavy (non-hydrogen) atoms. The summed E-state index contributed by atoms with van der Waals surface area (Å²) in [6.45, 7) is 2.92. The molecule has 0 aromatic rings. The first-order valence-electron chi connectivity index (χ1n) is 4.21. The third kappa shape index (κ3) is 3.18. The third-order valence-electron chi connectivity index (χ3n) is 2.45. The van der Waals surface area contributed by atoms with Crippen molar-refractivity contribution >= 4 is 23.2 Å². The van der Waals surface area contributed by atoms with Gasteiger partial charge in [-0.1, -0.05) is 6.42 Å². The van der Waals surface area contributed by atoms with Crippen LogP contribution in [0.4, 0.5) is 0 Å². The van der Waals surface area contributed by atoms with Crippen LogP contribution in [-0.4, -0.2) is 17.4 Å². The first-order chi connectivity index (χ1) is 5.20. The molecule has 1 atom stereocenters. The summed E-state index contributed by atoms with van der Waals surface area (Å²) in [5.41, 5.74) is 0. The highest BCUT2D eigenvalue weighted by Crippen LogP contribution is 2.29. The lowest BCUT2D eigenvalue weighted by Crippen LogP contribution is -2.39. The van der Waals surface area contributed by atoms with E-state index in [0.29, 0.717) is 12.6 Å². The topological polar surface area (TPSA) is 12.0 Å². The van der Waals surface area contributed by atoms with Gasteiger partial charge >= 0.3 is 0 Å². The Balaban J connectivity index is 2.05. The molecule has 1 rings (SSSR count). The van der Waals surface area contributed by atoms with Gasteiger partial charge in [0.2, 0.25) is 0 Å². The van der Waals surface area contributed by atoms with Crippen molar-refractivity contribution in [2.75, 3.05) is 6.54 Å². The van der Waals surface area contributed by atoms with Crippen molar-refractivity contribution in [2.45, 2.75) is 37.1 Å². The zero-order valence-electron chi connectivity index (χ0n) is 6.82. The maximum absolute atomic E-state index is 5.59. The van der Waals surface area contributed by atoms with Crippen LogP contribution in [0.3, 0.4) is 0 Å². The van der Waals surface area contributed by atoms with Crippen LogP contribution in [0, 0.1) is 5.92 Å². The Hall–Kier alpha value is 0.540. The SMILES string of the molecule is CC(NCC(Cl)Cl)C1CCC1. The van der Waals surface area contributed by atoms with Crippen LogP contribution in [0.15, 0.2) is 0 Å². The van der Waals surface area contributed by atoms with Gasteiger partial charge in [0.25, 0.3) is 0 Å². The van der Waals surface area contributed by atoms with Crippen LogP contribution in [0.25, 0.3) is 0 Å². The van der Waals surface area contributed by atoms with Crippen molar-refractivity contribution in [1.29, 1.82) is 0 Å². The van der Waals surface area contributed by atoms with Gasteiger partial charge in [-0.2, -0.15) is 0 Å². The molecule has 0 radical (unpaired) electrons. The van der Waals surface area contributed by atoms with E-state index >= 15 is 0 Å². The number of hydrogen-bond acceptors (Lipinski definition) is 1. The van der Waals surface area contributed by atoms with Gasteiger partial charge in [0, 0.05) is 12.6 Å². The quantitative estimate of drug-likeness (QED) is 0.681. The fraction of sp³-hybridized carbons (Fsp3) is 1.00. The van der Waals surface area contributed by atoms with Gasteiger partial charge in [-0.25, -0.2) is 0 Å². The molecule has 0 aromatic carbocycles. The monoisotopic (exact) mass is 195 g/mol. The Bertz CT molecular complexity index is 113. The fourth-order valence-corrected chi connectivity index (χ4v) is 1.56. The largest absolute Gasteiger partial charge is 0.311 e. The van der Waals surface area contributed by atoms with E-state index in [9.17, 15) is 0 Å². The Kier molecular flexibility index (Phi) is 3.97. The predicted octanol–water partition coefficient (Wildman–Crippen LogP) is 2.57. The maximum Gasteiger partial charge on any atom is 0.120 e. The molecule has 1 N–H and O–H groups in total. The molecule has 0 bridgehead atoms. The van der Waals surface area contributed by atoms with E-state index in [4.69, 9.17) is 23.2 Å². The summed E-state index contributed by atoms with van der Waals surface area (Å²) in [6.07, 6.45) is 4.12. The van der Waals surface area contributed by atoms with Crippen LogP contribution < -0.4 is 5.32 Å². The molecule has 1 fully saturated rings. The highest BCUT2D eigenvalue weighted by Gasteiger charge is 2.23. The molecule has 66 valence electrons. The molecule has 0 spiro atoms. The molecule has 1 nitrogen and oxygen atoms in total. The van der Waals surface area contributed by atoms with Crippen molar-refractivity contribution < 1.29 is 0 Å². The van der Waals surface area contributed by atoms with Gasteiger partial charge in [0.05, 0.1) is 0 Å². The highest BCUT2D eigenvalue weighted by molar-refractivity contribution is 6.44. The molecule has 1 aliphatic carbocycles. The van der Waals surface area contributed by atoms with E-state index in [1.54, 1.807) is 0 Å². The fourth-order valence-electron chi connectivity index (χ4n) is 1.38. The van der Waals surface area contributed by atoms with E-state index in [2.05, 4.69) is 12.2 Å². The minimum atomic E-state index is -0.266. The number of alkyl halides is 2. The number of halogens is 2. The molecule has 1 saturated carbocycles. The standard InChI is InChI=1S/C8H15Cl2N/c1-6(7-3-2-4-7)11-5-8(9)10/h6-8,11H,2-5H2,1H3. The second-order valence-corrected chi connectivity index (χ2v) is 4.56. The molecule has 1 unspecified atom stereocenters. The molecule has 0 aliphatic heterocycles. The minimum Gasteiger partial charge on any atom is -0.311 e. The van der Waals surface area contributed by atoms with Gasteiger partial charge in [-0.3, -0.25) is 0 Å². The van der Waals surface area contributed by atoms with Crippen LogP contribution in [0.1, 0.15) is 26.2 Å². The lowest BCUT2D eigenvalue weighted by Gasteiger charge is -2.32. The normalized spacial score (nSPS) is 21.8. The van der Waals surface area contributed by atoms with Gasteiger partial charge in [-0.15, -0.1) is 23.2 Å². The predicted molar refractivity (Wildman–Crippen MR) is 50.3 cm³/mol. The lowest BCUT2D eigenvalue weighted by atomic mass is 9.80. The lowest BCUT2D eigenvalue weighted by molar-refractivity contribution is 0.243. The Morgan fingerprint density at radius 3 is 2.45 bits per heavy atom. The summed E-state index contributed by atoms with van der Waals surface area (Å²) in [6, 6.07) is 0.587. The average Bonchev–Trinajstić information content (AvgIpc) is 1.79. The van der Waals surface area contributed by atoms with E-state index in [-0.39, 0.29) is 4.84 Å². The van der Waals surface area contributed by atoms with Crippen LogP contribution in [-0.2, 0) is 0 Å². The Labute approximate surface area is 78.4 Å². The van der Waals surface area contributed by atoms with Crippen LogP contribution >= 0.6 is 23.2 Å². The molecular weight excluding hydrogens is 181 g/mol. The summed E-state index contributed by atoms with van der Waals surface area (Å²) >= 11 is 11.2. The van der Waals surface area contributed by atoms with Crippen molar-refractivity contribution in [2.24, 2.45) is 5.92 Å². The van der Waals surface area contributed by atoms with Gasteiger partial charge in [0.15, 0.2) is 0 Å². The molecule has 0 heterocycles. The van der Waals surface area contributed by atoms with Crippen molar-refractivity contribution in [3.63, 3.8) is 0 Å². The molecule has 0 aromatic heterocycles. The van der Waals surface area contributed by atoms with E-state index in [1.165, 1.54) is 19.3 Å².